The summed E-state index contributed by atoms with van der Waals surface area (Å²) in [5.41, 5.74) is -1.26. The van der Waals surface area contributed by atoms with Gasteiger partial charge in [0.1, 0.15) is 5.60 Å². The van der Waals surface area contributed by atoms with E-state index in [1.165, 1.54) is 0 Å². The Hall–Kier alpha value is -0.900. The van der Waals surface area contributed by atoms with E-state index >= 15 is 0 Å². The fourth-order valence-electron chi connectivity index (χ4n) is 1.53. The maximum Gasteiger partial charge on any atom is 0.421 e. The zero-order chi connectivity index (χ0) is 13.8. The maximum atomic E-state index is 11.4. The summed E-state index contributed by atoms with van der Waals surface area (Å²) in [6, 6.07) is 0. The first-order chi connectivity index (χ1) is 8.29. The van der Waals surface area contributed by atoms with Gasteiger partial charge in [-0.05, 0) is 13.8 Å². The molecule has 1 heterocycles. The number of aliphatic hydroxyl groups is 1. The lowest BCUT2D eigenvalue weighted by Gasteiger charge is -2.25. The average Bonchev–Trinajstić information content (AvgIpc) is 2.57. The zero-order valence-electron chi connectivity index (χ0n) is 10.3. The van der Waals surface area contributed by atoms with Crippen molar-refractivity contribution >= 4 is 16.3 Å². The highest BCUT2D eigenvalue weighted by Crippen LogP contribution is 2.24. The standard InChI is InChI=1S/C9H18N2O6S/c1-3-16-8(12)11-18(14,15)10-6-9(13)4-5-17-7(9)2/h7,10,13H,3-6H2,1-2H3,(H,11,12). The Labute approximate surface area is 106 Å². The van der Waals surface area contributed by atoms with E-state index in [0.29, 0.717) is 13.0 Å². The number of hydrogen-bond acceptors (Lipinski definition) is 6. The number of carbonyl (C=O) groups excluding carboxylic acids is 1. The van der Waals surface area contributed by atoms with Crippen LogP contribution in [0.1, 0.15) is 20.3 Å². The molecule has 0 radical (unpaired) electrons. The number of nitrogens with one attached hydrogen (secondary N) is 2. The lowest BCUT2D eigenvalue weighted by atomic mass is 9.97. The zero-order valence-corrected chi connectivity index (χ0v) is 11.1. The third-order valence-corrected chi connectivity index (χ3v) is 3.68. The van der Waals surface area contributed by atoms with E-state index in [2.05, 4.69) is 9.46 Å². The maximum absolute atomic E-state index is 11.4. The lowest BCUT2D eigenvalue weighted by molar-refractivity contribution is -0.0228. The molecule has 106 valence electrons. The van der Waals surface area contributed by atoms with Crippen molar-refractivity contribution in [3.63, 3.8) is 0 Å². The van der Waals surface area contributed by atoms with Gasteiger partial charge in [-0.1, -0.05) is 0 Å². The fraction of sp³-hybridized carbons (Fsp3) is 0.889. The highest BCUT2D eigenvalue weighted by atomic mass is 32.2. The van der Waals surface area contributed by atoms with Gasteiger partial charge in [0.25, 0.3) is 0 Å². The summed E-state index contributed by atoms with van der Waals surface area (Å²) in [6.07, 6.45) is -1.20. The molecular formula is C9H18N2O6S. The summed E-state index contributed by atoms with van der Waals surface area (Å²) in [5.74, 6) is 0. The Morgan fingerprint density at radius 2 is 2.28 bits per heavy atom. The molecule has 0 aromatic carbocycles. The molecule has 0 spiro atoms. The molecule has 3 N–H and O–H groups in total. The van der Waals surface area contributed by atoms with Crippen LogP contribution >= 0.6 is 0 Å². The van der Waals surface area contributed by atoms with Gasteiger partial charge < -0.3 is 14.6 Å². The van der Waals surface area contributed by atoms with Crippen LogP contribution in [0, 0.1) is 0 Å². The van der Waals surface area contributed by atoms with E-state index in [0.717, 1.165) is 0 Å². The monoisotopic (exact) mass is 282 g/mol. The van der Waals surface area contributed by atoms with Gasteiger partial charge in [-0.3, -0.25) is 0 Å². The van der Waals surface area contributed by atoms with Gasteiger partial charge in [-0.2, -0.15) is 13.1 Å². The predicted octanol–water partition coefficient (Wildman–Crippen LogP) is -0.893. The molecule has 0 saturated carbocycles. The van der Waals surface area contributed by atoms with Crippen LogP contribution in [0.3, 0.4) is 0 Å². The van der Waals surface area contributed by atoms with E-state index in [9.17, 15) is 18.3 Å². The molecule has 0 aliphatic carbocycles. The number of carbonyl (C=O) groups is 1. The first-order valence-corrected chi connectivity index (χ1v) is 7.05. The summed E-state index contributed by atoms with van der Waals surface area (Å²) >= 11 is 0. The van der Waals surface area contributed by atoms with Crippen molar-refractivity contribution in [2.45, 2.75) is 32.0 Å². The van der Waals surface area contributed by atoms with Crippen LogP contribution < -0.4 is 9.44 Å². The van der Waals surface area contributed by atoms with Gasteiger partial charge in [-0.15, -0.1) is 0 Å². The van der Waals surface area contributed by atoms with Crippen molar-refractivity contribution in [2.75, 3.05) is 19.8 Å². The second-order valence-corrected chi connectivity index (χ2v) is 5.51. The molecule has 0 aromatic rings. The van der Waals surface area contributed by atoms with E-state index < -0.39 is 28.0 Å². The van der Waals surface area contributed by atoms with Crippen molar-refractivity contribution in [2.24, 2.45) is 0 Å². The van der Waals surface area contributed by atoms with Gasteiger partial charge >= 0.3 is 16.3 Å². The molecule has 0 aromatic heterocycles. The second kappa shape index (κ2) is 5.83. The van der Waals surface area contributed by atoms with Crippen LogP contribution in [-0.4, -0.2) is 51.1 Å². The molecule has 0 bridgehead atoms. The molecule has 8 nitrogen and oxygen atoms in total. The molecule has 2 atom stereocenters. The molecule has 9 heteroatoms. The smallest absolute Gasteiger partial charge is 0.421 e. The number of rotatable bonds is 5. The van der Waals surface area contributed by atoms with Crippen molar-refractivity contribution in [3.8, 4) is 0 Å². The van der Waals surface area contributed by atoms with E-state index in [-0.39, 0.29) is 13.2 Å². The van der Waals surface area contributed by atoms with Crippen molar-refractivity contribution in [1.29, 1.82) is 0 Å². The first kappa shape index (κ1) is 15.2. The van der Waals surface area contributed by atoms with Gasteiger partial charge in [0.05, 0.1) is 12.7 Å². The van der Waals surface area contributed by atoms with Crippen LogP contribution in [-0.2, 0) is 19.7 Å². The van der Waals surface area contributed by atoms with Crippen molar-refractivity contribution in [1.82, 2.24) is 9.44 Å². The molecule has 1 aliphatic rings. The SMILES string of the molecule is CCOC(=O)NS(=O)(=O)NCC1(O)CCOC1C. The minimum Gasteiger partial charge on any atom is -0.449 e. The number of amides is 1. The normalized spacial score (nSPS) is 28.1. The summed E-state index contributed by atoms with van der Waals surface area (Å²) in [6.45, 7) is 3.41. The largest absolute Gasteiger partial charge is 0.449 e. The molecular weight excluding hydrogens is 264 g/mol. The summed E-state index contributed by atoms with van der Waals surface area (Å²) in [4.78, 5) is 11.0. The number of hydrogen-bond donors (Lipinski definition) is 3. The van der Waals surface area contributed by atoms with Crippen molar-refractivity contribution < 1.29 is 27.8 Å². The molecule has 1 fully saturated rings. The Balaban J connectivity index is 2.49. The topological polar surface area (TPSA) is 114 Å². The van der Waals surface area contributed by atoms with Crippen LogP contribution in [0.15, 0.2) is 0 Å². The van der Waals surface area contributed by atoms with Crippen LogP contribution in [0.25, 0.3) is 0 Å². The number of ether oxygens (including phenoxy) is 2. The average molecular weight is 282 g/mol. The molecule has 1 aliphatic heterocycles. The fourth-order valence-corrected chi connectivity index (χ4v) is 2.32. The molecule has 1 rings (SSSR count). The molecule has 1 amide bonds. The van der Waals surface area contributed by atoms with Gasteiger partial charge in [0.2, 0.25) is 0 Å². The Kier molecular flexibility index (Phi) is 4.91. The summed E-state index contributed by atoms with van der Waals surface area (Å²) < 4.78 is 36.2. The third-order valence-electron chi connectivity index (χ3n) is 2.72. The third kappa shape index (κ3) is 4.09. The van der Waals surface area contributed by atoms with Gasteiger partial charge in [-0.25, -0.2) is 9.52 Å². The Bertz CT molecular complexity index is 398. The summed E-state index contributed by atoms with van der Waals surface area (Å²) in [7, 11) is -4.04. The quantitative estimate of drug-likeness (QED) is 0.602. The highest BCUT2D eigenvalue weighted by molar-refractivity contribution is 7.88. The molecule has 18 heavy (non-hydrogen) atoms. The molecule has 2 unspecified atom stereocenters. The molecule has 1 saturated heterocycles. The minimum atomic E-state index is -4.04. The van der Waals surface area contributed by atoms with E-state index in [1.54, 1.807) is 18.6 Å². The lowest BCUT2D eigenvalue weighted by Crippen LogP contribution is -2.51. The summed E-state index contributed by atoms with van der Waals surface area (Å²) in [5, 5.41) is 10.1. The van der Waals surface area contributed by atoms with Crippen molar-refractivity contribution in [3.05, 3.63) is 0 Å². The van der Waals surface area contributed by atoms with Crippen LogP contribution in [0.5, 0.6) is 0 Å². The van der Waals surface area contributed by atoms with E-state index in [1.807, 2.05) is 0 Å². The van der Waals surface area contributed by atoms with Gasteiger partial charge in [0.15, 0.2) is 0 Å². The Morgan fingerprint density at radius 1 is 1.61 bits per heavy atom. The van der Waals surface area contributed by atoms with Crippen LogP contribution in [0.4, 0.5) is 4.79 Å². The van der Waals surface area contributed by atoms with Crippen LogP contribution in [0.2, 0.25) is 0 Å². The Morgan fingerprint density at radius 3 is 2.78 bits per heavy atom. The van der Waals surface area contributed by atoms with Gasteiger partial charge in [0, 0.05) is 19.6 Å². The minimum absolute atomic E-state index is 0.0656. The first-order valence-electron chi connectivity index (χ1n) is 5.57. The predicted molar refractivity (Wildman–Crippen MR) is 62.1 cm³/mol. The second-order valence-electron chi connectivity index (χ2n) is 4.01. The van der Waals surface area contributed by atoms with E-state index in [4.69, 9.17) is 4.74 Å². The highest BCUT2D eigenvalue weighted by Gasteiger charge is 2.40.